The van der Waals surface area contributed by atoms with E-state index < -0.39 is 0 Å². The number of hydrogen-bond acceptors (Lipinski definition) is 2. The molecule has 23 heavy (non-hydrogen) atoms. The van der Waals surface area contributed by atoms with Crippen molar-refractivity contribution in [1.82, 2.24) is 0 Å². The highest BCUT2D eigenvalue weighted by molar-refractivity contribution is 5.97. The third-order valence-corrected chi connectivity index (χ3v) is 5.06. The molecule has 0 unspecified atom stereocenters. The quantitative estimate of drug-likeness (QED) is 0.912. The Hall–Kier alpha value is -1.84. The minimum atomic E-state index is 0.0967. The second-order valence-electron chi connectivity index (χ2n) is 6.91. The van der Waals surface area contributed by atoms with Gasteiger partial charge in [0.25, 0.3) is 0 Å². The van der Waals surface area contributed by atoms with Crippen molar-refractivity contribution in [2.24, 2.45) is 5.92 Å². The molecule has 124 valence electrons. The molecule has 1 saturated carbocycles. The lowest BCUT2D eigenvalue weighted by Crippen LogP contribution is -2.25. The van der Waals surface area contributed by atoms with E-state index in [4.69, 9.17) is 0 Å². The summed E-state index contributed by atoms with van der Waals surface area (Å²) in [7, 11) is 0. The predicted octanol–water partition coefficient (Wildman–Crippen LogP) is 4.03. The van der Waals surface area contributed by atoms with E-state index in [1.165, 1.54) is 32.1 Å². The fourth-order valence-corrected chi connectivity index (χ4v) is 3.75. The number of nitrogens with zero attached hydrogens (tertiary/aromatic N) is 1. The summed E-state index contributed by atoms with van der Waals surface area (Å²) >= 11 is 0. The number of nitrogens with one attached hydrogen (secondary N) is 1. The number of anilines is 2. The van der Waals surface area contributed by atoms with Gasteiger partial charge in [-0.05, 0) is 49.8 Å². The van der Waals surface area contributed by atoms with Crippen molar-refractivity contribution < 1.29 is 9.59 Å². The van der Waals surface area contributed by atoms with Crippen LogP contribution >= 0.6 is 0 Å². The summed E-state index contributed by atoms with van der Waals surface area (Å²) in [6, 6.07) is 5.85. The van der Waals surface area contributed by atoms with Crippen LogP contribution in [-0.4, -0.2) is 18.4 Å². The first-order valence-corrected chi connectivity index (χ1v) is 8.84. The van der Waals surface area contributed by atoms with Gasteiger partial charge in [0, 0.05) is 30.8 Å². The third kappa shape index (κ3) is 3.92. The Balaban J connectivity index is 1.65. The van der Waals surface area contributed by atoms with Gasteiger partial charge in [-0.3, -0.25) is 9.59 Å². The number of hydrogen-bond donors (Lipinski definition) is 1. The first-order chi connectivity index (χ1) is 11.1. The van der Waals surface area contributed by atoms with Crippen LogP contribution in [0.4, 0.5) is 11.4 Å². The SMILES string of the molecule is Cc1ccc(NC(=O)CC2CCCCC2)cc1N1CCCC1=O. The highest BCUT2D eigenvalue weighted by Gasteiger charge is 2.23. The molecule has 2 aliphatic rings. The minimum Gasteiger partial charge on any atom is -0.326 e. The monoisotopic (exact) mass is 314 g/mol. The number of carbonyl (C=O) groups excluding carboxylic acids is 2. The molecule has 4 nitrogen and oxygen atoms in total. The van der Waals surface area contributed by atoms with Crippen LogP contribution in [0.25, 0.3) is 0 Å². The molecule has 4 heteroatoms. The second-order valence-corrected chi connectivity index (χ2v) is 6.91. The van der Waals surface area contributed by atoms with E-state index in [1.807, 2.05) is 30.0 Å². The topological polar surface area (TPSA) is 49.4 Å². The Morgan fingerprint density at radius 3 is 2.70 bits per heavy atom. The van der Waals surface area contributed by atoms with Gasteiger partial charge in [0.15, 0.2) is 0 Å². The van der Waals surface area contributed by atoms with Gasteiger partial charge in [0.2, 0.25) is 11.8 Å². The summed E-state index contributed by atoms with van der Waals surface area (Å²) in [5, 5.41) is 3.02. The number of aryl methyl sites for hydroxylation is 1. The smallest absolute Gasteiger partial charge is 0.227 e. The first kappa shape index (κ1) is 16.0. The lowest BCUT2D eigenvalue weighted by Gasteiger charge is -2.22. The van der Waals surface area contributed by atoms with Crippen LogP contribution in [0.2, 0.25) is 0 Å². The summed E-state index contributed by atoms with van der Waals surface area (Å²) in [4.78, 5) is 26.1. The van der Waals surface area contributed by atoms with Crippen LogP contribution in [-0.2, 0) is 9.59 Å². The van der Waals surface area contributed by atoms with E-state index in [2.05, 4.69) is 5.32 Å². The average Bonchev–Trinajstić information content (AvgIpc) is 2.96. The number of carbonyl (C=O) groups is 2. The molecule has 1 aromatic carbocycles. The summed E-state index contributed by atoms with van der Waals surface area (Å²) in [5.74, 6) is 0.812. The van der Waals surface area contributed by atoms with E-state index in [1.54, 1.807) is 0 Å². The van der Waals surface area contributed by atoms with Crippen molar-refractivity contribution in [2.75, 3.05) is 16.8 Å². The summed E-state index contributed by atoms with van der Waals surface area (Å²) < 4.78 is 0. The molecule has 0 bridgehead atoms. The van der Waals surface area contributed by atoms with Crippen LogP contribution in [0.15, 0.2) is 18.2 Å². The van der Waals surface area contributed by atoms with Crippen molar-refractivity contribution >= 4 is 23.2 Å². The molecular weight excluding hydrogens is 288 g/mol. The lowest BCUT2D eigenvalue weighted by atomic mass is 9.87. The van der Waals surface area contributed by atoms with E-state index >= 15 is 0 Å². The van der Waals surface area contributed by atoms with Crippen LogP contribution in [0.3, 0.4) is 0 Å². The molecule has 1 aliphatic heterocycles. The van der Waals surface area contributed by atoms with Crippen LogP contribution < -0.4 is 10.2 Å². The molecule has 3 rings (SSSR count). The zero-order valence-electron chi connectivity index (χ0n) is 13.9. The van der Waals surface area contributed by atoms with Crippen molar-refractivity contribution in [1.29, 1.82) is 0 Å². The van der Waals surface area contributed by atoms with Crippen molar-refractivity contribution in [3.8, 4) is 0 Å². The molecule has 0 spiro atoms. The fourth-order valence-electron chi connectivity index (χ4n) is 3.75. The first-order valence-electron chi connectivity index (χ1n) is 8.84. The summed E-state index contributed by atoms with van der Waals surface area (Å²) in [5.41, 5.74) is 2.81. The Bertz CT molecular complexity index is 591. The highest BCUT2D eigenvalue weighted by atomic mass is 16.2. The van der Waals surface area contributed by atoms with Gasteiger partial charge < -0.3 is 10.2 Å². The molecule has 0 atom stereocenters. The Kier molecular flexibility index (Phi) is 4.99. The lowest BCUT2D eigenvalue weighted by molar-refractivity contribution is -0.117. The molecule has 1 aliphatic carbocycles. The maximum absolute atomic E-state index is 12.3. The van der Waals surface area contributed by atoms with Crippen molar-refractivity contribution in [3.05, 3.63) is 23.8 Å². The van der Waals surface area contributed by atoms with E-state index in [-0.39, 0.29) is 11.8 Å². The molecule has 1 heterocycles. The van der Waals surface area contributed by atoms with Gasteiger partial charge in [0.05, 0.1) is 0 Å². The van der Waals surface area contributed by atoms with Crippen LogP contribution in [0, 0.1) is 12.8 Å². The maximum Gasteiger partial charge on any atom is 0.227 e. The molecule has 1 aromatic rings. The number of rotatable bonds is 4. The van der Waals surface area contributed by atoms with Crippen LogP contribution in [0.5, 0.6) is 0 Å². The summed E-state index contributed by atoms with van der Waals surface area (Å²) in [6.45, 7) is 2.79. The Morgan fingerprint density at radius 2 is 2.00 bits per heavy atom. The number of benzene rings is 1. The molecule has 1 saturated heterocycles. The Labute approximate surface area is 138 Å². The fraction of sp³-hybridized carbons (Fsp3) is 0.579. The standard InChI is InChI=1S/C19H26N2O2/c1-14-9-10-16(13-17(14)21-11-5-8-19(21)23)20-18(22)12-15-6-3-2-4-7-15/h9-10,13,15H,2-8,11-12H2,1H3,(H,20,22). The Morgan fingerprint density at radius 1 is 1.22 bits per heavy atom. The molecule has 0 aromatic heterocycles. The molecule has 1 N–H and O–H groups in total. The normalized spacial score (nSPS) is 19.2. The van der Waals surface area contributed by atoms with Gasteiger partial charge >= 0.3 is 0 Å². The van der Waals surface area contributed by atoms with Crippen LogP contribution in [0.1, 0.15) is 56.9 Å². The van der Waals surface area contributed by atoms with E-state index in [0.717, 1.165) is 29.9 Å². The van der Waals surface area contributed by atoms with Gasteiger partial charge in [-0.25, -0.2) is 0 Å². The molecule has 2 fully saturated rings. The van der Waals surface area contributed by atoms with Gasteiger partial charge in [-0.2, -0.15) is 0 Å². The zero-order valence-corrected chi connectivity index (χ0v) is 13.9. The second kappa shape index (κ2) is 7.16. The average molecular weight is 314 g/mol. The number of amides is 2. The van der Waals surface area contributed by atoms with Crippen molar-refractivity contribution in [3.63, 3.8) is 0 Å². The zero-order chi connectivity index (χ0) is 16.2. The van der Waals surface area contributed by atoms with E-state index in [0.29, 0.717) is 18.8 Å². The minimum absolute atomic E-state index is 0.0967. The molecule has 2 amide bonds. The predicted molar refractivity (Wildman–Crippen MR) is 92.6 cm³/mol. The largest absolute Gasteiger partial charge is 0.326 e. The summed E-state index contributed by atoms with van der Waals surface area (Å²) in [6.07, 6.45) is 8.32. The van der Waals surface area contributed by atoms with Crippen molar-refractivity contribution in [2.45, 2.75) is 58.3 Å². The maximum atomic E-state index is 12.3. The van der Waals surface area contributed by atoms with Gasteiger partial charge in [-0.15, -0.1) is 0 Å². The van der Waals surface area contributed by atoms with Gasteiger partial charge in [-0.1, -0.05) is 25.3 Å². The molecule has 0 radical (unpaired) electrons. The van der Waals surface area contributed by atoms with Gasteiger partial charge in [0.1, 0.15) is 0 Å². The third-order valence-electron chi connectivity index (χ3n) is 5.06. The highest BCUT2D eigenvalue weighted by Crippen LogP contribution is 2.29. The molecular formula is C19H26N2O2. The van der Waals surface area contributed by atoms with E-state index in [9.17, 15) is 9.59 Å².